The van der Waals surface area contributed by atoms with E-state index in [9.17, 15) is 24.3 Å². The van der Waals surface area contributed by atoms with Gasteiger partial charge in [0.1, 0.15) is 5.82 Å². The maximum absolute atomic E-state index is 13.2. The Morgan fingerprint density at radius 3 is 2.30 bits per heavy atom. The number of hydrogen-bond donors (Lipinski definition) is 2. The zero-order chi connectivity index (χ0) is 22.0. The third kappa shape index (κ3) is 2.91. The first-order valence-corrected chi connectivity index (χ1v) is 9.68. The van der Waals surface area contributed by atoms with Crippen molar-refractivity contribution in [1.29, 1.82) is 0 Å². The van der Waals surface area contributed by atoms with Gasteiger partial charge in [-0.05, 0) is 29.5 Å². The maximum Gasteiger partial charge on any atom is 0.335 e. The van der Waals surface area contributed by atoms with Crippen molar-refractivity contribution in [3.05, 3.63) is 73.1 Å². The second-order valence-corrected chi connectivity index (χ2v) is 8.79. The normalized spacial score (nSPS) is 19.7. The van der Waals surface area contributed by atoms with E-state index in [4.69, 9.17) is 0 Å². The highest BCUT2D eigenvalue weighted by Gasteiger charge is 2.42. The number of fused-ring (bicyclic) bond motifs is 1. The van der Waals surface area contributed by atoms with E-state index >= 15 is 0 Å². The van der Waals surface area contributed by atoms with Crippen LogP contribution in [-0.4, -0.2) is 26.0 Å². The molecule has 156 valence electrons. The number of carboxylic acids is 1. The number of aromatic nitrogens is 2. The minimum Gasteiger partial charge on any atom is -0.478 e. The van der Waals surface area contributed by atoms with Crippen LogP contribution < -0.4 is 16.6 Å². The molecule has 8 nitrogen and oxygen atoms in total. The van der Waals surface area contributed by atoms with Crippen molar-refractivity contribution in [3.8, 4) is 0 Å². The Morgan fingerprint density at radius 1 is 1.07 bits per heavy atom. The number of hydrogen-bond acceptors (Lipinski definition) is 5. The topological polar surface area (TPSA) is 110 Å². The van der Waals surface area contributed by atoms with Crippen molar-refractivity contribution in [3.63, 3.8) is 0 Å². The molecule has 1 aliphatic carbocycles. The Kier molecular flexibility index (Phi) is 4.34. The fourth-order valence-corrected chi connectivity index (χ4v) is 4.50. The number of allylic oxidation sites excluding steroid dienone is 2. The quantitative estimate of drug-likeness (QED) is 0.785. The van der Waals surface area contributed by atoms with Crippen LogP contribution >= 0.6 is 0 Å². The standard InChI is InChI=1S/C22H23N3O5/c1-22(2)9-13-16(14(26)10-22)15(11-5-7-12(8-6-11)20(28)29)17-18(23-13)24(3)21(30)25(4)19(17)27/h5-8,15,23H,9-10H2,1-4H3,(H,28,29)/t15-/m1/s1. The van der Waals surface area contributed by atoms with Gasteiger partial charge in [-0.3, -0.25) is 18.7 Å². The first kappa shape index (κ1) is 19.9. The summed E-state index contributed by atoms with van der Waals surface area (Å²) in [5, 5.41) is 12.4. The molecule has 0 bridgehead atoms. The number of nitrogens with zero attached hydrogens (tertiary/aromatic N) is 2. The lowest BCUT2D eigenvalue weighted by Crippen LogP contribution is -2.45. The summed E-state index contributed by atoms with van der Waals surface area (Å²) in [4.78, 5) is 50.1. The molecule has 8 heteroatoms. The lowest BCUT2D eigenvalue weighted by molar-refractivity contribution is -0.118. The van der Waals surface area contributed by atoms with Crippen LogP contribution in [0.4, 0.5) is 5.82 Å². The number of aromatic carboxylic acids is 1. The summed E-state index contributed by atoms with van der Waals surface area (Å²) in [6, 6.07) is 6.18. The zero-order valence-electron chi connectivity index (χ0n) is 17.3. The number of anilines is 1. The third-order valence-corrected chi connectivity index (χ3v) is 5.96. The highest BCUT2D eigenvalue weighted by Crippen LogP contribution is 2.47. The second kappa shape index (κ2) is 6.55. The van der Waals surface area contributed by atoms with Gasteiger partial charge in [-0.15, -0.1) is 0 Å². The molecule has 1 aliphatic heterocycles. The number of carbonyl (C=O) groups is 2. The van der Waals surface area contributed by atoms with Crippen molar-refractivity contribution in [1.82, 2.24) is 9.13 Å². The Balaban J connectivity index is 2.03. The number of ketones is 1. The van der Waals surface area contributed by atoms with Crippen LogP contribution in [0.1, 0.15) is 54.1 Å². The number of carboxylic acid groups (broad SMARTS) is 1. The number of benzene rings is 1. The Bertz CT molecular complexity index is 1250. The van der Waals surface area contributed by atoms with Crippen LogP contribution in [0.15, 0.2) is 45.1 Å². The number of carbonyl (C=O) groups excluding carboxylic acids is 1. The van der Waals surface area contributed by atoms with Crippen LogP contribution in [0, 0.1) is 5.41 Å². The summed E-state index contributed by atoms with van der Waals surface area (Å²) in [7, 11) is 2.99. The van der Waals surface area contributed by atoms with Crippen molar-refractivity contribution in [2.45, 2.75) is 32.6 Å². The molecule has 2 N–H and O–H groups in total. The molecule has 1 aromatic heterocycles. The smallest absolute Gasteiger partial charge is 0.335 e. The minimum atomic E-state index is -1.05. The van der Waals surface area contributed by atoms with Gasteiger partial charge in [-0.25, -0.2) is 9.59 Å². The maximum atomic E-state index is 13.2. The van der Waals surface area contributed by atoms with Gasteiger partial charge in [0, 0.05) is 37.7 Å². The van der Waals surface area contributed by atoms with Crippen LogP contribution in [0.5, 0.6) is 0 Å². The molecule has 1 atom stereocenters. The summed E-state index contributed by atoms with van der Waals surface area (Å²) in [6.07, 6.45) is 0.944. The first-order valence-electron chi connectivity index (χ1n) is 9.68. The van der Waals surface area contributed by atoms with Crippen LogP contribution in [0.25, 0.3) is 0 Å². The zero-order valence-corrected chi connectivity index (χ0v) is 17.3. The van der Waals surface area contributed by atoms with Crippen molar-refractivity contribution in [2.24, 2.45) is 19.5 Å². The fourth-order valence-electron chi connectivity index (χ4n) is 4.50. The lowest BCUT2D eigenvalue weighted by atomic mass is 9.69. The van der Waals surface area contributed by atoms with E-state index in [0.29, 0.717) is 41.1 Å². The molecule has 1 aromatic carbocycles. The summed E-state index contributed by atoms with van der Waals surface area (Å²) in [5.74, 6) is -1.41. The molecule has 0 saturated heterocycles. The molecule has 0 unspecified atom stereocenters. The van der Waals surface area contributed by atoms with Crippen LogP contribution in [0.3, 0.4) is 0 Å². The van der Waals surface area contributed by atoms with Crippen molar-refractivity contribution in [2.75, 3.05) is 5.32 Å². The average molecular weight is 409 g/mol. The highest BCUT2D eigenvalue weighted by atomic mass is 16.4. The van der Waals surface area contributed by atoms with Gasteiger partial charge in [0.15, 0.2) is 5.78 Å². The Labute approximate surface area is 172 Å². The molecule has 2 aromatic rings. The lowest BCUT2D eigenvalue weighted by Gasteiger charge is -2.39. The van der Waals surface area contributed by atoms with E-state index in [1.54, 1.807) is 19.2 Å². The van der Waals surface area contributed by atoms with Gasteiger partial charge in [-0.2, -0.15) is 0 Å². The Hall–Kier alpha value is -3.42. The molecule has 0 spiro atoms. The Morgan fingerprint density at radius 2 is 1.70 bits per heavy atom. The van der Waals surface area contributed by atoms with Crippen LogP contribution in [0.2, 0.25) is 0 Å². The number of rotatable bonds is 2. The second-order valence-electron chi connectivity index (χ2n) is 8.79. The molecular formula is C22H23N3O5. The predicted molar refractivity (Wildman–Crippen MR) is 111 cm³/mol. The van der Waals surface area contributed by atoms with Gasteiger partial charge in [0.25, 0.3) is 5.56 Å². The van der Waals surface area contributed by atoms with E-state index in [1.165, 1.54) is 23.7 Å². The van der Waals surface area contributed by atoms with Gasteiger partial charge >= 0.3 is 11.7 Å². The van der Waals surface area contributed by atoms with Gasteiger partial charge in [0.05, 0.1) is 11.1 Å². The predicted octanol–water partition coefficient (Wildman–Crippen LogP) is 1.98. The minimum absolute atomic E-state index is 0.0531. The van der Waals surface area contributed by atoms with E-state index in [-0.39, 0.29) is 16.8 Å². The monoisotopic (exact) mass is 409 g/mol. The molecule has 4 rings (SSSR count). The third-order valence-electron chi connectivity index (χ3n) is 5.96. The van der Waals surface area contributed by atoms with E-state index in [2.05, 4.69) is 5.32 Å². The SMILES string of the molecule is Cn1c2c(c(=O)n(C)c1=O)[C@H](c1ccc(C(=O)O)cc1)C1=C(CC(C)(C)CC1=O)N2. The molecular weight excluding hydrogens is 386 g/mol. The summed E-state index contributed by atoms with van der Waals surface area (Å²) in [6.45, 7) is 4.01. The molecule has 30 heavy (non-hydrogen) atoms. The van der Waals surface area contributed by atoms with Gasteiger partial charge < -0.3 is 10.4 Å². The molecule has 0 saturated carbocycles. The molecule has 0 amide bonds. The summed E-state index contributed by atoms with van der Waals surface area (Å²) >= 11 is 0. The highest BCUT2D eigenvalue weighted by molar-refractivity contribution is 6.01. The summed E-state index contributed by atoms with van der Waals surface area (Å²) < 4.78 is 2.41. The van der Waals surface area contributed by atoms with Gasteiger partial charge in [-0.1, -0.05) is 26.0 Å². The number of nitrogens with one attached hydrogen (secondary N) is 1. The van der Waals surface area contributed by atoms with E-state index < -0.39 is 23.1 Å². The number of Topliss-reactive ketones (excluding diaryl/α,β-unsaturated/α-hetero) is 1. The molecule has 2 aliphatic rings. The van der Waals surface area contributed by atoms with Crippen LogP contribution in [-0.2, 0) is 18.9 Å². The van der Waals surface area contributed by atoms with E-state index in [0.717, 1.165) is 4.57 Å². The summed E-state index contributed by atoms with van der Waals surface area (Å²) in [5.41, 5.74) is 1.10. The molecule has 2 heterocycles. The molecule has 0 radical (unpaired) electrons. The first-order chi connectivity index (χ1) is 14.0. The molecule has 0 fully saturated rings. The van der Waals surface area contributed by atoms with Crippen molar-refractivity contribution < 1.29 is 14.7 Å². The van der Waals surface area contributed by atoms with Crippen molar-refractivity contribution >= 4 is 17.6 Å². The van der Waals surface area contributed by atoms with E-state index in [1.807, 2.05) is 13.8 Å². The van der Waals surface area contributed by atoms with Gasteiger partial charge in [0.2, 0.25) is 0 Å². The fraction of sp³-hybridized carbons (Fsp3) is 0.364. The largest absolute Gasteiger partial charge is 0.478 e. The average Bonchev–Trinajstić information content (AvgIpc) is 2.68.